The van der Waals surface area contributed by atoms with Gasteiger partial charge in [-0.05, 0) is 31.2 Å². The molecule has 0 N–H and O–H groups in total. The molecule has 1 radical (unpaired) electrons. The first-order valence-corrected chi connectivity index (χ1v) is 5.79. The van der Waals surface area contributed by atoms with Gasteiger partial charge in [0.25, 0.3) is 5.69 Å². The van der Waals surface area contributed by atoms with E-state index >= 15 is 0 Å². The van der Waals surface area contributed by atoms with Crippen LogP contribution in [0.15, 0.2) is 36.4 Å². The molecule has 0 saturated heterocycles. The number of non-ortho nitro benzene ring substituents is 1. The van der Waals surface area contributed by atoms with Crippen LogP contribution in [0.1, 0.15) is 6.92 Å². The van der Waals surface area contributed by atoms with Crippen molar-refractivity contribution in [2.24, 2.45) is 0 Å². The molecule has 3 aromatic rings. The predicted octanol–water partition coefficient (Wildman–Crippen LogP) is 3.52. The van der Waals surface area contributed by atoms with Crippen LogP contribution in [-0.2, 0) is 6.54 Å². The molecular weight excluding hydrogens is 228 g/mol. The minimum atomic E-state index is -0.358. The van der Waals surface area contributed by atoms with Gasteiger partial charge in [0.2, 0.25) is 0 Å². The lowest BCUT2D eigenvalue weighted by atomic mass is 10.1. The molecule has 0 atom stereocenters. The number of benzene rings is 2. The van der Waals surface area contributed by atoms with Crippen molar-refractivity contribution >= 4 is 27.5 Å². The Bertz CT molecular complexity index is 759. The molecule has 4 nitrogen and oxygen atoms in total. The third kappa shape index (κ3) is 1.39. The monoisotopic (exact) mass is 239 g/mol. The molecule has 0 amide bonds. The fourth-order valence-electron chi connectivity index (χ4n) is 2.43. The summed E-state index contributed by atoms with van der Waals surface area (Å²) in [4.78, 5) is 10.5. The number of nitro benzene ring substituents is 1. The van der Waals surface area contributed by atoms with Crippen LogP contribution in [-0.4, -0.2) is 9.49 Å². The summed E-state index contributed by atoms with van der Waals surface area (Å²) in [5.74, 6) is 0. The molecule has 89 valence electrons. The van der Waals surface area contributed by atoms with Gasteiger partial charge in [-0.3, -0.25) is 10.1 Å². The van der Waals surface area contributed by atoms with Crippen LogP contribution in [0.2, 0.25) is 0 Å². The van der Waals surface area contributed by atoms with E-state index in [4.69, 9.17) is 0 Å². The summed E-state index contributed by atoms with van der Waals surface area (Å²) in [6, 6.07) is 13.8. The van der Waals surface area contributed by atoms with Crippen LogP contribution in [0.5, 0.6) is 0 Å². The molecule has 4 heteroatoms. The van der Waals surface area contributed by atoms with Crippen LogP contribution < -0.4 is 0 Å². The van der Waals surface area contributed by atoms with E-state index in [1.807, 2.05) is 31.2 Å². The summed E-state index contributed by atoms with van der Waals surface area (Å²) in [5.41, 5.74) is 2.12. The second kappa shape index (κ2) is 3.84. The van der Waals surface area contributed by atoms with Gasteiger partial charge in [-0.1, -0.05) is 6.07 Å². The molecule has 0 unspecified atom stereocenters. The highest BCUT2D eigenvalue weighted by Crippen LogP contribution is 2.31. The zero-order valence-electron chi connectivity index (χ0n) is 9.88. The lowest BCUT2D eigenvalue weighted by Gasteiger charge is -2.02. The third-order valence-electron chi connectivity index (χ3n) is 3.22. The Labute approximate surface area is 104 Å². The van der Waals surface area contributed by atoms with Gasteiger partial charge >= 0.3 is 0 Å². The average Bonchev–Trinajstić information content (AvgIpc) is 2.71. The highest BCUT2D eigenvalue weighted by molar-refractivity contribution is 6.08. The first-order valence-electron chi connectivity index (χ1n) is 5.79. The van der Waals surface area contributed by atoms with Crippen LogP contribution >= 0.6 is 0 Å². The van der Waals surface area contributed by atoms with E-state index in [0.29, 0.717) is 0 Å². The van der Waals surface area contributed by atoms with E-state index in [2.05, 4.69) is 10.6 Å². The second-order valence-electron chi connectivity index (χ2n) is 4.15. The Morgan fingerprint density at radius 3 is 2.83 bits per heavy atom. The van der Waals surface area contributed by atoms with Crippen molar-refractivity contribution in [3.05, 3.63) is 52.6 Å². The van der Waals surface area contributed by atoms with E-state index in [-0.39, 0.29) is 10.6 Å². The Morgan fingerprint density at radius 1 is 1.28 bits per heavy atom. The molecule has 3 rings (SSSR count). The highest BCUT2D eigenvalue weighted by Gasteiger charge is 2.13. The molecule has 0 aliphatic rings. The fraction of sp³-hybridized carbons (Fsp3) is 0.143. The van der Waals surface area contributed by atoms with Gasteiger partial charge < -0.3 is 4.57 Å². The van der Waals surface area contributed by atoms with E-state index < -0.39 is 0 Å². The van der Waals surface area contributed by atoms with Crippen molar-refractivity contribution in [3.63, 3.8) is 0 Å². The van der Waals surface area contributed by atoms with Gasteiger partial charge in [0.05, 0.1) is 10.4 Å². The van der Waals surface area contributed by atoms with Gasteiger partial charge in [-0.2, -0.15) is 0 Å². The zero-order valence-corrected chi connectivity index (χ0v) is 9.88. The largest absolute Gasteiger partial charge is 0.341 e. The van der Waals surface area contributed by atoms with Crippen molar-refractivity contribution in [1.82, 2.24) is 4.57 Å². The molecular formula is C14H11N2O2. The highest BCUT2D eigenvalue weighted by atomic mass is 16.6. The van der Waals surface area contributed by atoms with E-state index in [1.54, 1.807) is 12.1 Å². The predicted molar refractivity (Wildman–Crippen MR) is 70.6 cm³/mol. The van der Waals surface area contributed by atoms with E-state index in [1.165, 1.54) is 0 Å². The van der Waals surface area contributed by atoms with Gasteiger partial charge in [-0.15, -0.1) is 0 Å². The average molecular weight is 239 g/mol. The van der Waals surface area contributed by atoms with Crippen LogP contribution in [0, 0.1) is 16.2 Å². The Hall–Kier alpha value is -2.36. The fourth-order valence-corrected chi connectivity index (χ4v) is 2.43. The molecule has 0 fully saturated rings. The lowest BCUT2D eigenvalue weighted by molar-refractivity contribution is -0.384. The van der Waals surface area contributed by atoms with Gasteiger partial charge in [0, 0.05) is 35.0 Å². The topological polar surface area (TPSA) is 48.1 Å². The van der Waals surface area contributed by atoms with E-state index in [9.17, 15) is 10.1 Å². The van der Waals surface area contributed by atoms with Gasteiger partial charge in [0.15, 0.2) is 0 Å². The molecule has 2 aromatic carbocycles. The Morgan fingerprint density at radius 2 is 2.11 bits per heavy atom. The zero-order chi connectivity index (χ0) is 12.7. The summed E-state index contributed by atoms with van der Waals surface area (Å²) in [6.07, 6.45) is 0. The number of nitrogens with zero attached hydrogens (tertiary/aromatic N) is 2. The molecule has 0 saturated carbocycles. The number of rotatable bonds is 2. The van der Waals surface area contributed by atoms with Crippen molar-refractivity contribution in [3.8, 4) is 0 Å². The molecule has 0 bridgehead atoms. The molecule has 1 aromatic heterocycles. The standard InChI is InChI=1S/C14H11N2O2/c1-2-15-13-6-4-3-5-11(13)12-8-7-10(16(17)18)9-14(12)15/h4-9H,2H2,1H3. The second-order valence-corrected chi connectivity index (χ2v) is 4.15. The molecule has 0 aliphatic heterocycles. The Balaban J connectivity index is 2.48. The Kier molecular flexibility index (Phi) is 2.30. The first-order chi connectivity index (χ1) is 8.72. The normalized spacial score (nSPS) is 11.2. The van der Waals surface area contributed by atoms with Gasteiger partial charge in [-0.25, -0.2) is 0 Å². The molecule has 0 aliphatic carbocycles. The number of hydrogen-bond acceptors (Lipinski definition) is 2. The summed E-state index contributed by atoms with van der Waals surface area (Å²) in [6.45, 7) is 2.82. The van der Waals surface area contributed by atoms with Crippen molar-refractivity contribution in [2.45, 2.75) is 13.5 Å². The number of hydrogen-bond donors (Lipinski definition) is 0. The molecule has 1 heterocycles. The summed E-state index contributed by atoms with van der Waals surface area (Å²) in [7, 11) is 0. The van der Waals surface area contributed by atoms with Crippen LogP contribution in [0.25, 0.3) is 21.8 Å². The van der Waals surface area contributed by atoms with Crippen LogP contribution in [0.4, 0.5) is 5.69 Å². The molecule has 0 spiro atoms. The third-order valence-corrected chi connectivity index (χ3v) is 3.22. The maximum Gasteiger partial charge on any atom is 0.271 e. The maximum atomic E-state index is 10.8. The quantitative estimate of drug-likeness (QED) is 0.507. The lowest BCUT2D eigenvalue weighted by Crippen LogP contribution is -1.94. The number of fused-ring (bicyclic) bond motifs is 3. The van der Waals surface area contributed by atoms with Crippen molar-refractivity contribution in [2.75, 3.05) is 0 Å². The van der Waals surface area contributed by atoms with Crippen LogP contribution in [0.3, 0.4) is 0 Å². The first kappa shape index (κ1) is 10.8. The summed E-state index contributed by atoms with van der Waals surface area (Å²) in [5, 5.41) is 13.0. The minimum absolute atomic E-state index is 0.129. The maximum absolute atomic E-state index is 10.8. The SMILES string of the molecule is CCn1c2cc[c]cc2c2ccc([N+](=O)[O-])cc21. The summed E-state index contributed by atoms with van der Waals surface area (Å²) < 4.78 is 2.09. The number of nitro groups is 1. The van der Waals surface area contributed by atoms with E-state index in [0.717, 1.165) is 28.4 Å². The summed E-state index contributed by atoms with van der Waals surface area (Å²) >= 11 is 0. The van der Waals surface area contributed by atoms with Crippen molar-refractivity contribution < 1.29 is 4.92 Å². The minimum Gasteiger partial charge on any atom is -0.341 e. The smallest absolute Gasteiger partial charge is 0.271 e. The molecule has 18 heavy (non-hydrogen) atoms. The number of aryl methyl sites for hydroxylation is 1. The van der Waals surface area contributed by atoms with Crippen molar-refractivity contribution in [1.29, 1.82) is 0 Å². The van der Waals surface area contributed by atoms with Gasteiger partial charge in [0.1, 0.15) is 0 Å². The number of aromatic nitrogens is 1.